The minimum atomic E-state index is 0.563. The first-order chi connectivity index (χ1) is 8.45. The maximum atomic E-state index is 6.14. The lowest BCUT2D eigenvalue weighted by molar-refractivity contribution is 0.439. The molecular weight excluding hydrogens is 246 g/mol. The van der Waals surface area contributed by atoms with Crippen LogP contribution in [0.2, 0.25) is 5.15 Å². The van der Waals surface area contributed by atoms with Crippen molar-refractivity contribution < 1.29 is 0 Å². The Kier molecular flexibility index (Phi) is 5.86. The van der Waals surface area contributed by atoms with E-state index in [1.807, 2.05) is 6.92 Å². The Morgan fingerprint density at radius 1 is 1.22 bits per heavy atom. The first-order valence-corrected chi connectivity index (χ1v) is 7.10. The van der Waals surface area contributed by atoms with Gasteiger partial charge in [-0.15, -0.1) is 0 Å². The summed E-state index contributed by atoms with van der Waals surface area (Å²) in [6.07, 6.45) is 1.90. The van der Waals surface area contributed by atoms with E-state index in [2.05, 4.69) is 43.0 Å². The van der Waals surface area contributed by atoms with E-state index in [9.17, 15) is 0 Å². The van der Waals surface area contributed by atoms with Crippen LogP contribution < -0.4 is 5.32 Å². The van der Waals surface area contributed by atoms with Crippen LogP contribution in [0.4, 0.5) is 5.82 Å². The lowest BCUT2D eigenvalue weighted by Crippen LogP contribution is -2.18. The number of halogens is 1. The number of anilines is 1. The molecule has 0 radical (unpaired) electrons. The minimum absolute atomic E-state index is 0.563. The Morgan fingerprint density at radius 2 is 1.89 bits per heavy atom. The molecule has 0 fully saturated rings. The Labute approximate surface area is 115 Å². The molecule has 1 rings (SSSR count). The molecule has 0 saturated heterocycles. The van der Waals surface area contributed by atoms with Crippen molar-refractivity contribution in [3.63, 3.8) is 0 Å². The maximum Gasteiger partial charge on any atom is 0.137 e. The number of nitrogens with one attached hydrogen (secondary N) is 1. The van der Waals surface area contributed by atoms with E-state index in [-0.39, 0.29) is 0 Å². The summed E-state index contributed by atoms with van der Waals surface area (Å²) in [7, 11) is 0. The second-order valence-corrected chi connectivity index (χ2v) is 5.61. The first kappa shape index (κ1) is 15.2. The van der Waals surface area contributed by atoms with Gasteiger partial charge in [0.2, 0.25) is 0 Å². The SMILES string of the molecule is CCCc1nc(Cl)c(C)c(NCC(C)C(C)C)n1. The van der Waals surface area contributed by atoms with Gasteiger partial charge in [-0.1, -0.05) is 39.3 Å². The van der Waals surface area contributed by atoms with Crippen LogP contribution in [-0.2, 0) is 6.42 Å². The standard InChI is InChI=1S/C14H24ClN3/c1-6-7-12-17-13(15)11(5)14(18-12)16-8-10(4)9(2)3/h9-10H,6-8H2,1-5H3,(H,16,17,18). The molecule has 102 valence electrons. The third-order valence-electron chi connectivity index (χ3n) is 3.34. The fourth-order valence-corrected chi connectivity index (χ4v) is 1.72. The lowest BCUT2D eigenvalue weighted by atomic mass is 9.98. The molecule has 0 spiro atoms. The number of aryl methyl sites for hydroxylation is 1. The molecule has 3 nitrogen and oxygen atoms in total. The zero-order valence-corrected chi connectivity index (χ0v) is 12.8. The quantitative estimate of drug-likeness (QED) is 0.791. The lowest BCUT2D eigenvalue weighted by Gasteiger charge is -2.18. The Hall–Kier alpha value is -0.830. The van der Waals surface area contributed by atoms with Gasteiger partial charge in [-0.05, 0) is 25.2 Å². The molecule has 0 saturated carbocycles. The van der Waals surface area contributed by atoms with Gasteiger partial charge in [-0.2, -0.15) is 0 Å². The normalized spacial score (nSPS) is 12.8. The van der Waals surface area contributed by atoms with Gasteiger partial charge in [-0.3, -0.25) is 0 Å². The number of hydrogen-bond donors (Lipinski definition) is 1. The van der Waals surface area contributed by atoms with Crippen molar-refractivity contribution in [2.75, 3.05) is 11.9 Å². The zero-order chi connectivity index (χ0) is 13.7. The monoisotopic (exact) mass is 269 g/mol. The maximum absolute atomic E-state index is 6.14. The average molecular weight is 270 g/mol. The summed E-state index contributed by atoms with van der Waals surface area (Å²) in [4.78, 5) is 8.85. The fraction of sp³-hybridized carbons (Fsp3) is 0.714. The van der Waals surface area contributed by atoms with Crippen molar-refractivity contribution in [1.29, 1.82) is 0 Å². The van der Waals surface area contributed by atoms with Crippen molar-refractivity contribution in [1.82, 2.24) is 9.97 Å². The summed E-state index contributed by atoms with van der Waals surface area (Å²) in [6.45, 7) is 11.7. The van der Waals surface area contributed by atoms with Gasteiger partial charge in [0.15, 0.2) is 0 Å². The largest absolute Gasteiger partial charge is 0.369 e. The molecule has 0 amide bonds. The molecule has 18 heavy (non-hydrogen) atoms. The van der Waals surface area contributed by atoms with E-state index < -0.39 is 0 Å². The molecular formula is C14H24ClN3. The summed E-state index contributed by atoms with van der Waals surface area (Å²) < 4.78 is 0. The van der Waals surface area contributed by atoms with E-state index in [0.717, 1.165) is 36.6 Å². The molecule has 0 aliphatic heterocycles. The van der Waals surface area contributed by atoms with Crippen molar-refractivity contribution in [3.05, 3.63) is 16.5 Å². The van der Waals surface area contributed by atoms with Gasteiger partial charge in [0.1, 0.15) is 16.8 Å². The van der Waals surface area contributed by atoms with Crippen LogP contribution in [0.15, 0.2) is 0 Å². The summed E-state index contributed by atoms with van der Waals surface area (Å²) in [5.74, 6) is 2.97. The van der Waals surface area contributed by atoms with Crippen molar-refractivity contribution in [3.8, 4) is 0 Å². The highest BCUT2D eigenvalue weighted by molar-refractivity contribution is 6.30. The van der Waals surface area contributed by atoms with Gasteiger partial charge in [0.25, 0.3) is 0 Å². The van der Waals surface area contributed by atoms with Crippen LogP contribution in [0.1, 0.15) is 45.5 Å². The zero-order valence-electron chi connectivity index (χ0n) is 12.0. The van der Waals surface area contributed by atoms with Gasteiger partial charge in [-0.25, -0.2) is 9.97 Å². The van der Waals surface area contributed by atoms with E-state index in [1.54, 1.807) is 0 Å². The summed E-state index contributed by atoms with van der Waals surface area (Å²) in [6, 6.07) is 0. The number of hydrogen-bond acceptors (Lipinski definition) is 3. The smallest absolute Gasteiger partial charge is 0.137 e. The van der Waals surface area contributed by atoms with Crippen LogP contribution >= 0.6 is 11.6 Å². The van der Waals surface area contributed by atoms with Crippen LogP contribution in [0.25, 0.3) is 0 Å². The van der Waals surface area contributed by atoms with Gasteiger partial charge in [0, 0.05) is 18.5 Å². The van der Waals surface area contributed by atoms with Crippen LogP contribution in [-0.4, -0.2) is 16.5 Å². The minimum Gasteiger partial charge on any atom is -0.369 e. The van der Waals surface area contributed by atoms with Gasteiger partial charge in [0.05, 0.1) is 0 Å². The molecule has 1 heterocycles. The van der Waals surface area contributed by atoms with Crippen molar-refractivity contribution in [2.24, 2.45) is 11.8 Å². The number of rotatable bonds is 6. The topological polar surface area (TPSA) is 37.8 Å². The highest BCUT2D eigenvalue weighted by Crippen LogP contribution is 2.21. The first-order valence-electron chi connectivity index (χ1n) is 6.72. The molecule has 1 aromatic rings. The second kappa shape index (κ2) is 6.93. The second-order valence-electron chi connectivity index (χ2n) is 5.26. The van der Waals surface area contributed by atoms with Crippen LogP contribution in [0, 0.1) is 18.8 Å². The fourth-order valence-electron chi connectivity index (χ4n) is 1.53. The van der Waals surface area contributed by atoms with Gasteiger partial charge >= 0.3 is 0 Å². The molecule has 0 aromatic carbocycles. The molecule has 1 aromatic heterocycles. The number of aromatic nitrogens is 2. The van der Waals surface area contributed by atoms with E-state index >= 15 is 0 Å². The van der Waals surface area contributed by atoms with E-state index in [1.165, 1.54) is 0 Å². The van der Waals surface area contributed by atoms with Crippen LogP contribution in [0.5, 0.6) is 0 Å². The molecule has 0 aliphatic rings. The van der Waals surface area contributed by atoms with Gasteiger partial charge < -0.3 is 5.32 Å². The third kappa shape index (κ3) is 4.13. The van der Waals surface area contributed by atoms with Crippen molar-refractivity contribution in [2.45, 2.75) is 47.5 Å². The summed E-state index contributed by atoms with van der Waals surface area (Å²) >= 11 is 6.14. The highest BCUT2D eigenvalue weighted by atomic mass is 35.5. The predicted octanol–water partition coefficient (Wildman–Crippen LogP) is 4.09. The molecule has 1 unspecified atom stereocenters. The predicted molar refractivity (Wildman–Crippen MR) is 78.3 cm³/mol. The molecule has 4 heteroatoms. The van der Waals surface area contributed by atoms with E-state index in [4.69, 9.17) is 11.6 Å². The van der Waals surface area contributed by atoms with Crippen LogP contribution in [0.3, 0.4) is 0 Å². The Balaban J connectivity index is 2.80. The summed E-state index contributed by atoms with van der Waals surface area (Å²) in [5.41, 5.74) is 0.937. The summed E-state index contributed by atoms with van der Waals surface area (Å²) in [5, 5.41) is 3.96. The molecule has 1 N–H and O–H groups in total. The molecule has 0 bridgehead atoms. The Bertz CT molecular complexity index is 391. The van der Waals surface area contributed by atoms with E-state index in [0.29, 0.717) is 17.0 Å². The molecule has 0 aliphatic carbocycles. The third-order valence-corrected chi connectivity index (χ3v) is 3.70. The Morgan fingerprint density at radius 3 is 2.44 bits per heavy atom. The average Bonchev–Trinajstić information content (AvgIpc) is 2.31. The number of nitrogens with zero attached hydrogens (tertiary/aromatic N) is 2. The highest BCUT2D eigenvalue weighted by Gasteiger charge is 2.11. The van der Waals surface area contributed by atoms with Crippen molar-refractivity contribution >= 4 is 17.4 Å². The molecule has 1 atom stereocenters.